The maximum atomic E-state index is 14.4. The summed E-state index contributed by atoms with van der Waals surface area (Å²) in [7, 11) is 0. The topological polar surface area (TPSA) is 145 Å². The molecular weight excluding hydrogens is 546 g/mol. The number of Topliss-reactive ketones (excluding diaryl/α,β-unsaturated/α-hetero) is 3. The summed E-state index contributed by atoms with van der Waals surface area (Å²) >= 11 is 0. The van der Waals surface area contributed by atoms with Crippen LogP contribution >= 0.6 is 0 Å². The zero-order valence-electron chi connectivity index (χ0n) is 24.8. The van der Waals surface area contributed by atoms with Gasteiger partial charge in [0.15, 0.2) is 17.2 Å². The van der Waals surface area contributed by atoms with Crippen molar-refractivity contribution in [1.82, 2.24) is 4.98 Å². The molecule has 222 valence electrons. The van der Waals surface area contributed by atoms with Crippen LogP contribution in [0.4, 0.5) is 0 Å². The van der Waals surface area contributed by atoms with E-state index in [1.807, 2.05) is 36.4 Å². The highest BCUT2D eigenvalue weighted by molar-refractivity contribution is 6.24. The van der Waals surface area contributed by atoms with E-state index in [-0.39, 0.29) is 41.6 Å². The molecule has 6 rings (SSSR count). The molecule has 0 radical (unpaired) electrons. The van der Waals surface area contributed by atoms with E-state index in [4.69, 9.17) is 0 Å². The van der Waals surface area contributed by atoms with Crippen LogP contribution in [-0.4, -0.2) is 48.4 Å². The van der Waals surface area contributed by atoms with Crippen molar-refractivity contribution in [3.8, 4) is 16.9 Å². The lowest BCUT2D eigenvalue weighted by Gasteiger charge is -2.59. The first-order valence-corrected chi connectivity index (χ1v) is 14.5. The lowest BCUT2D eigenvalue weighted by Crippen LogP contribution is -2.69. The number of aliphatic hydroxyl groups is 3. The van der Waals surface area contributed by atoms with E-state index in [0.717, 1.165) is 23.7 Å². The normalized spacial score (nSPS) is 30.2. The second kappa shape index (κ2) is 9.35. The molecule has 1 heterocycles. The van der Waals surface area contributed by atoms with Crippen LogP contribution in [0.5, 0.6) is 5.75 Å². The van der Waals surface area contributed by atoms with E-state index >= 15 is 0 Å². The molecular formula is C35H35NO7. The highest BCUT2D eigenvalue weighted by atomic mass is 16.3. The van der Waals surface area contributed by atoms with Gasteiger partial charge in [-0.15, -0.1) is 0 Å². The largest absolute Gasteiger partial charge is 0.508 e. The number of hydrogen-bond donors (Lipinski definition) is 4. The summed E-state index contributed by atoms with van der Waals surface area (Å²) in [5.41, 5.74) is -2.93. The van der Waals surface area contributed by atoms with Crippen molar-refractivity contribution < 1.29 is 34.8 Å². The first-order chi connectivity index (χ1) is 20.2. The van der Waals surface area contributed by atoms with Crippen molar-refractivity contribution in [1.29, 1.82) is 0 Å². The molecule has 1 saturated carbocycles. The second-order valence-electron chi connectivity index (χ2n) is 13.2. The monoisotopic (exact) mass is 581 g/mol. The maximum absolute atomic E-state index is 14.4. The Labute approximate surface area is 249 Å². The van der Waals surface area contributed by atoms with Crippen LogP contribution in [0.2, 0.25) is 0 Å². The summed E-state index contributed by atoms with van der Waals surface area (Å²) in [6.45, 7) is 8.07. The minimum atomic E-state index is -2.63. The third kappa shape index (κ3) is 3.72. The van der Waals surface area contributed by atoms with Gasteiger partial charge in [-0.25, -0.2) is 0 Å². The van der Waals surface area contributed by atoms with Gasteiger partial charge < -0.3 is 20.4 Å². The van der Waals surface area contributed by atoms with E-state index in [9.17, 15) is 34.8 Å². The summed E-state index contributed by atoms with van der Waals surface area (Å²) in [5, 5.41) is 46.2. The number of allylic oxidation sites excluding steroid dienone is 5. The van der Waals surface area contributed by atoms with Crippen molar-refractivity contribution in [2.45, 2.75) is 59.0 Å². The average molecular weight is 582 g/mol. The zero-order valence-corrected chi connectivity index (χ0v) is 24.8. The van der Waals surface area contributed by atoms with Crippen molar-refractivity contribution >= 4 is 23.1 Å². The number of hydrogen-bond acceptors (Lipinski definition) is 8. The van der Waals surface area contributed by atoms with E-state index in [0.29, 0.717) is 5.56 Å². The van der Waals surface area contributed by atoms with Gasteiger partial charge in [-0.1, -0.05) is 64.1 Å². The zero-order chi connectivity index (χ0) is 31.2. The Morgan fingerprint density at radius 1 is 1.02 bits per heavy atom. The fourth-order valence-corrected chi connectivity index (χ4v) is 8.38. The molecule has 0 saturated heterocycles. The number of benzene rings is 1. The molecule has 4 aliphatic rings. The molecule has 43 heavy (non-hydrogen) atoms. The van der Waals surface area contributed by atoms with E-state index in [2.05, 4.69) is 4.98 Å². The Morgan fingerprint density at radius 3 is 2.28 bits per heavy atom. The van der Waals surface area contributed by atoms with Crippen LogP contribution in [0.3, 0.4) is 0 Å². The lowest BCUT2D eigenvalue weighted by molar-refractivity contribution is -0.178. The molecule has 2 aromatic rings. The third-order valence-electron chi connectivity index (χ3n) is 10.1. The molecule has 0 spiro atoms. The van der Waals surface area contributed by atoms with Gasteiger partial charge in [-0.2, -0.15) is 0 Å². The number of pyridine rings is 1. The van der Waals surface area contributed by atoms with E-state index in [1.165, 1.54) is 6.07 Å². The van der Waals surface area contributed by atoms with E-state index < -0.39 is 56.8 Å². The van der Waals surface area contributed by atoms with Crippen molar-refractivity contribution in [2.24, 2.45) is 22.7 Å². The van der Waals surface area contributed by atoms with Crippen molar-refractivity contribution in [3.63, 3.8) is 0 Å². The Kier molecular flexibility index (Phi) is 6.26. The Morgan fingerprint density at radius 2 is 1.70 bits per heavy atom. The summed E-state index contributed by atoms with van der Waals surface area (Å²) in [6, 6.07) is 7.05. The second-order valence-corrected chi connectivity index (χ2v) is 13.2. The van der Waals surface area contributed by atoms with Crippen LogP contribution in [0, 0.1) is 22.7 Å². The number of carbonyl (C=O) groups is 3. The molecule has 0 amide bonds. The first kappa shape index (κ1) is 28.8. The summed E-state index contributed by atoms with van der Waals surface area (Å²) < 4.78 is 0. The van der Waals surface area contributed by atoms with Gasteiger partial charge in [0.25, 0.3) is 0 Å². The summed E-state index contributed by atoms with van der Waals surface area (Å²) in [4.78, 5) is 45.3. The Hall–Kier alpha value is -4.30. The third-order valence-corrected chi connectivity index (χ3v) is 10.1. The van der Waals surface area contributed by atoms with Crippen LogP contribution in [0.25, 0.3) is 16.9 Å². The predicted octanol–water partition coefficient (Wildman–Crippen LogP) is 5.46. The Balaban J connectivity index is 1.56. The number of carbonyl (C=O) groups excluding carboxylic acids is 3. The number of aromatic hydroxyl groups is 1. The van der Waals surface area contributed by atoms with Crippen LogP contribution in [0.1, 0.15) is 63.8 Å². The smallest absolute Gasteiger partial charge is 0.203 e. The molecule has 8 nitrogen and oxygen atoms in total. The highest BCUT2D eigenvalue weighted by Crippen LogP contribution is 2.65. The quantitative estimate of drug-likeness (QED) is 0.348. The number of aliphatic hydroxyl groups excluding tert-OH is 2. The molecule has 4 N–H and O–H groups in total. The minimum absolute atomic E-state index is 0.0392. The van der Waals surface area contributed by atoms with Gasteiger partial charge in [0.2, 0.25) is 5.78 Å². The standard InChI is InChI=1S/C35H35NO7/c1-17(2)27-29(39)25(18(3)37)31(41)35(43)32(42)28-30(40)26-22(14-33(28,4)16-34(27,35)5)21(11-13-24(26)38)20-10-12-23(36-15-20)19-8-6-7-9-19/h6-13,15,17,19,27,38,40-41,43H,14,16H2,1-5H3/t27?,33-,34-,35+/m1/s1. The summed E-state index contributed by atoms with van der Waals surface area (Å²) in [6.07, 6.45) is 10.0. The van der Waals surface area contributed by atoms with Gasteiger partial charge in [-0.3, -0.25) is 19.4 Å². The predicted molar refractivity (Wildman–Crippen MR) is 160 cm³/mol. The highest BCUT2D eigenvalue weighted by Gasteiger charge is 2.72. The van der Waals surface area contributed by atoms with Gasteiger partial charge >= 0.3 is 0 Å². The van der Waals surface area contributed by atoms with Gasteiger partial charge in [-0.05, 0) is 48.9 Å². The molecule has 4 aliphatic carbocycles. The fraction of sp³-hybridized carbons (Fsp3) is 0.371. The molecule has 0 bridgehead atoms. The van der Waals surface area contributed by atoms with Crippen molar-refractivity contribution in [2.75, 3.05) is 0 Å². The maximum Gasteiger partial charge on any atom is 0.203 e. The van der Waals surface area contributed by atoms with Gasteiger partial charge in [0.05, 0.1) is 11.3 Å². The average Bonchev–Trinajstić information content (AvgIpc) is 3.46. The van der Waals surface area contributed by atoms with Crippen LogP contribution in [0.15, 0.2) is 71.7 Å². The number of fused-ring (bicyclic) bond motifs is 3. The number of phenolic OH excluding ortho intramolecular Hbond substituents is 1. The van der Waals surface area contributed by atoms with Gasteiger partial charge in [0, 0.05) is 40.0 Å². The molecule has 0 aliphatic heterocycles. The van der Waals surface area contributed by atoms with Crippen LogP contribution < -0.4 is 0 Å². The molecule has 4 atom stereocenters. The number of phenols is 1. The molecule has 8 heteroatoms. The number of rotatable bonds is 4. The minimum Gasteiger partial charge on any atom is -0.508 e. The summed E-state index contributed by atoms with van der Waals surface area (Å²) in [5.74, 6) is -5.30. The Bertz CT molecular complexity index is 1730. The number of nitrogens with zero attached hydrogens (tertiary/aromatic N) is 1. The lowest BCUT2D eigenvalue weighted by atomic mass is 9.43. The first-order valence-electron chi connectivity index (χ1n) is 14.5. The number of ketones is 3. The van der Waals surface area contributed by atoms with E-state index in [1.54, 1.807) is 40.0 Å². The molecule has 1 aromatic carbocycles. The molecule has 1 aromatic heterocycles. The SMILES string of the molecule is CC(=O)C1=C(O)[C@]2(O)C(=O)C3=C(O)c4c(O)ccc(-c5ccc(C6C=CC=C6)nc5)c4C[C@]3(C)C[C@]2(C)C(C(C)C)C1=O. The van der Waals surface area contributed by atoms with Gasteiger partial charge in [0.1, 0.15) is 22.8 Å². The van der Waals surface area contributed by atoms with Crippen molar-refractivity contribution in [3.05, 3.63) is 88.5 Å². The fourth-order valence-electron chi connectivity index (χ4n) is 8.38. The molecule has 1 unspecified atom stereocenters. The molecule has 1 fully saturated rings. The number of aromatic nitrogens is 1. The van der Waals surface area contributed by atoms with Crippen LogP contribution in [-0.2, 0) is 20.8 Å².